The van der Waals surface area contributed by atoms with Crippen LogP contribution in [0.5, 0.6) is 0 Å². The molecular weight excluding hydrogens is 532 g/mol. The number of benzene rings is 1. The Balaban J connectivity index is 1.58. The van der Waals surface area contributed by atoms with Gasteiger partial charge in [0.1, 0.15) is 11.4 Å². The molecule has 1 aromatic carbocycles. The Hall–Kier alpha value is -3.13. The summed E-state index contributed by atoms with van der Waals surface area (Å²) >= 11 is 5.90. The van der Waals surface area contributed by atoms with Crippen molar-refractivity contribution in [3.8, 4) is 11.4 Å². The number of aromatic nitrogens is 7. The van der Waals surface area contributed by atoms with Crippen LogP contribution in [0.15, 0.2) is 36.8 Å². The maximum Gasteiger partial charge on any atom is 0.240 e. The number of halogens is 1. The minimum absolute atomic E-state index is 0.108. The van der Waals surface area contributed by atoms with Crippen molar-refractivity contribution >= 4 is 38.5 Å². The lowest BCUT2D eigenvalue weighted by Gasteiger charge is -2.43. The molecule has 0 saturated heterocycles. The lowest BCUT2D eigenvalue weighted by molar-refractivity contribution is 0.0299. The predicted octanol–water partition coefficient (Wildman–Crippen LogP) is 3.32. The zero-order valence-electron chi connectivity index (χ0n) is 21.5. The number of aryl methyl sites for hydroxylation is 1. The van der Waals surface area contributed by atoms with Crippen molar-refractivity contribution < 1.29 is 17.9 Å². The van der Waals surface area contributed by atoms with Gasteiger partial charge in [-0.1, -0.05) is 23.7 Å². The average Bonchev–Trinajstić information content (AvgIpc) is 3.45. The van der Waals surface area contributed by atoms with E-state index < -0.39 is 26.9 Å². The highest BCUT2D eigenvalue weighted by Gasteiger charge is 2.44. The van der Waals surface area contributed by atoms with Gasteiger partial charge in [0, 0.05) is 50.8 Å². The summed E-state index contributed by atoms with van der Waals surface area (Å²) in [6.07, 6.45) is 6.32. The fraction of sp³-hybridized carbons (Fsp3) is 0.458. The Morgan fingerprint density at radius 2 is 1.92 bits per heavy atom. The fourth-order valence-corrected chi connectivity index (χ4v) is 6.20. The molecule has 0 radical (unpaired) electrons. The largest absolute Gasteiger partial charge is 0.382 e. The molecule has 38 heavy (non-hydrogen) atoms. The molecule has 0 amide bonds. The van der Waals surface area contributed by atoms with E-state index in [1.54, 1.807) is 11.8 Å². The van der Waals surface area contributed by atoms with Gasteiger partial charge in [-0.2, -0.15) is 5.10 Å². The lowest BCUT2D eigenvalue weighted by atomic mass is 9.76. The van der Waals surface area contributed by atoms with E-state index in [2.05, 4.69) is 30.0 Å². The van der Waals surface area contributed by atoms with Crippen LogP contribution in [0.2, 0.25) is 5.02 Å². The van der Waals surface area contributed by atoms with E-state index in [-0.39, 0.29) is 11.8 Å². The number of sulfonamides is 1. The van der Waals surface area contributed by atoms with Gasteiger partial charge < -0.3 is 9.47 Å². The molecule has 0 aliphatic heterocycles. The number of rotatable bonds is 10. The van der Waals surface area contributed by atoms with Crippen LogP contribution in [0.1, 0.15) is 38.1 Å². The van der Waals surface area contributed by atoms with E-state index in [4.69, 9.17) is 21.1 Å². The second-order valence-electron chi connectivity index (χ2n) is 9.50. The highest BCUT2D eigenvalue weighted by Crippen LogP contribution is 2.45. The molecule has 5 rings (SSSR count). The number of ether oxygens (including phenoxy) is 2. The highest BCUT2D eigenvalue weighted by molar-refractivity contribution is 7.93. The maximum atomic E-state index is 13.6. The van der Waals surface area contributed by atoms with Crippen LogP contribution in [-0.4, -0.2) is 69.0 Å². The second kappa shape index (κ2) is 10.2. The van der Waals surface area contributed by atoms with Crippen LogP contribution in [0, 0.1) is 0 Å². The van der Waals surface area contributed by atoms with Crippen molar-refractivity contribution in [1.82, 2.24) is 34.5 Å². The number of hydrogen-bond donors (Lipinski definition) is 1. The summed E-state index contributed by atoms with van der Waals surface area (Å²) in [5.74, 6) is 0.849. The van der Waals surface area contributed by atoms with Gasteiger partial charge in [0.15, 0.2) is 11.6 Å². The first-order valence-corrected chi connectivity index (χ1v) is 14.0. The number of fused-ring (bicyclic) bond motifs is 1. The summed E-state index contributed by atoms with van der Waals surface area (Å²) in [6, 6.07) is 5.75. The first-order valence-electron chi connectivity index (χ1n) is 12.1. The number of nitrogens with zero attached hydrogens (tertiary/aromatic N) is 7. The number of hydrogen-bond acceptors (Lipinski definition) is 9. The van der Waals surface area contributed by atoms with Crippen molar-refractivity contribution in [3.05, 3.63) is 47.6 Å². The summed E-state index contributed by atoms with van der Waals surface area (Å²) < 4.78 is 44.7. The van der Waals surface area contributed by atoms with Gasteiger partial charge in [-0.3, -0.25) is 14.0 Å². The number of nitrogens with one attached hydrogen (secondary N) is 1. The fourth-order valence-electron chi connectivity index (χ4n) is 4.98. The number of methoxy groups -OCH3 is 2. The zero-order valence-corrected chi connectivity index (χ0v) is 23.1. The molecule has 0 spiro atoms. The highest BCUT2D eigenvalue weighted by atomic mass is 35.5. The van der Waals surface area contributed by atoms with Crippen LogP contribution >= 0.6 is 11.6 Å². The Kier molecular flexibility index (Phi) is 7.11. The molecule has 3 heterocycles. The third-order valence-corrected chi connectivity index (χ3v) is 8.93. The van der Waals surface area contributed by atoms with E-state index in [1.165, 1.54) is 26.4 Å². The van der Waals surface area contributed by atoms with Crippen LogP contribution in [0.4, 0.5) is 5.95 Å². The first kappa shape index (κ1) is 26.5. The van der Waals surface area contributed by atoms with Crippen molar-refractivity contribution in [1.29, 1.82) is 0 Å². The van der Waals surface area contributed by atoms with Gasteiger partial charge in [-0.15, -0.1) is 10.2 Å². The summed E-state index contributed by atoms with van der Waals surface area (Å²) in [5.41, 5.74) is 1.10. The van der Waals surface area contributed by atoms with Crippen LogP contribution in [0.25, 0.3) is 22.3 Å². The molecular formula is C24H29ClN8O4S. The topological polar surface area (TPSA) is 139 Å². The second-order valence-corrected chi connectivity index (χ2v) is 12.0. The van der Waals surface area contributed by atoms with E-state index in [1.807, 2.05) is 36.0 Å². The van der Waals surface area contributed by atoms with E-state index in [9.17, 15) is 8.42 Å². The van der Waals surface area contributed by atoms with Crippen molar-refractivity contribution in [3.63, 3.8) is 0 Å². The molecule has 2 atom stereocenters. The van der Waals surface area contributed by atoms with Gasteiger partial charge in [-0.25, -0.2) is 18.4 Å². The Morgan fingerprint density at radius 3 is 2.55 bits per heavy atom. The van der Waals surface area contributed by atoms with Crippen LogP contribution in [-0.2, 0) is 32.1 Å². The van der Waals surface area contributed by atoms with E-state index >= 15 is 0 Å². The molecule has 0 bridgehead atoms. The molecule has 12 nitrogen and oxygen atoms in total. The molecule has 1 aliphatic rings. The van der Waals surface area contributed by atoms with Crippen molar-refractivity contribution in [2.45, 2.75) is 43.1 Å². The lowest BCUT2D eigenvalue weighted by Crippen LogP contribution is -2.46. The summed E-state index contributed by atoms with van der Waals surface area (Å²) in [5, 5.41) is 13.5. The summed E-state index contributed by atoms with van der Waals surface area (Å²) in [4.78, 5) is 8.30. The van der Waals surface area contributed by atoms with Crippen molar-refractivity contribution in [2.75, 3.05) is 25.5 Å². The molecule has 3 aromatic heterocycles. The van der Waals surface area contributed by atoms with Crippen LogP contribution in [0.3, 0.4) is 0 Å². The monoisotopic (exact) mass is 560 g/mol. The molecule has 1 aliphatic carbocycles. The predicted molar refractivity (Wildman–Crippen MR) is 142 cm³/mol. The maximum absolute atomic E-state index is 13.6. The first-order chi connectivity index (χ1) is 18.2. The molecule has 2 unspecified atom stereocenters. The summed E-state index contributed by atoms with van der Waals surface area (Å²) in [6.45, 7) is 1.91. The molecule has 1 fully saturated rings. The Morgan fingerprint density at radius 1 is 1.18 bits per heavy atom. The summed E-state index contributed by atoms with van der Waals surface area (Å²) in [7, 11) is 0.852. The van der Waals surface area contributed by atoms with Gasteiger partial charge in [0.25, 0.3) is 0 Å². The molecule has 4 aromatic rings. The van der Waals surface area contributed by atoms with Crippen molar-refractivity contribution in [2.24, 2.45) is 7.05 Å². The third-order valence-electron chi connectivity index (χ3n) is 7.04. The smallest absolute Gasteiger partial charge is 0.240 e. The van der Waals surface area contributed by atoms with Gasteiger partial charge in [-0.05, 0) is 32.3 Å². The quantitative estimate of drug-likeness (QED) is 0.309. The molecule has 202 valence electrons. The number of anilines is 1. The molecule has 14 heteroatoms. The zero-order chi connectivity index (χ0) is 27.1. The van der Waals surface area contributed by atoms with Gasteiger partial charge in [0.2, 0.25) is 16.0 Å². The Bertz CT molecular complexity index is 1550. The normalized spacial score (nSPS) is 16.8. The van der Waals surface area contributed by atoms with E-state index in [0.717, 1.165) is 35.7 Å². The SMILES string of the molecule is COCC1(n2c(NS(=O)(=O)C(C)C(OC)c3ncc(Cl)cn3)nnc2-c2cccc3nn(C)cc23)CCC1. The van der Waals surface area contributed by atoms with E-state index in [0.29, 0.717) is 17.5 Å². The third kappa shape index (κ3) is 4.64. The molecule has 1 saturated carbocycles. The van der Waals surface area contributed by atoms with Gasteiger partial charge >= 0.3 is 0 Å². The minimum atomic E-state index is -4.04. The standard InChI is InChI=1S/C24H29ClN8O4S/c1-15(20(37-4)21-26-11-16(25)12-27-21)38(34,35)31-23-29-28-22(33(23)24(14-36-3)9-6-10-24)17-7-5-8-19-18(17)13-32(2)30-19/h5,7-8,11-13,15,20H,6,9-10,14H2,1-4H3,(H,29,31). The van der Waals surface area contributed by atoms with Gasteiger partial charge in [0.05, 0.1) is 22.7 Å². The van der Waals surface area contributed by atoms with Crippen LogP contribution < -0.4 is 4.72 Å². The average molecular weight is 561 g/mol. The molecule has 1 N–H and O–H groups in total. The Labute approximate surface area is 225 Å². The minimum Gasteiger partial charge on any atom is -0.382 e.